The highest BCUT2D eigenvalue weighted by Crippen LogP contribution is 2.32. The van der Waals surface area contributed by atoms with Crippen LogP contribution in [-0.2, 0) is 0 Å². The van der Waals surface area contributed by atoms with Gasteiger partial charge in [-0.05, 0) is 58.7 Å². The molecule has 54 heavy (non-hydrogen) atoms. The molecule has 6 heteroatoms. The van der Waals surface area contributed by atoms with Gasteiger partial charge >= 0.3 is 0 Å². The van der Waals surface area contributed by atoms with Gasteiger partial charge in [0, 0.05) is 58.2 Å². The van der Waals surface area contributed by atoms with Gasteiger partial charge in [0.25, 0.3) is 0 Å². The number of hydrogen-bond donors (Lipinski definition) is 0. The third-order valence-electron chi connectivity index (χ3n) is 9.34. The predicted molar refractivity (Wildman–Crippen MR) is 217 cm³/mol. The molecule has 0 saturated heterocycles. The molecule has 0 saturated carbocycles. The number of nitrogens with zero attached hydrogens (tertiary/aromatic N) is 6. The Morgan fingerprint density at radius 1 is 0.241 bits per heavy atom. The fraction of sp³-hybridized carbons (Fsp3) is 0. The van der Waals surface area contributed by atoms with E-state index in [1.807, 2.05) is 109 Å². The first kappa shape index (κ1) is 32.5. The van der Waals surface area contributed by atoms with Gasteiger partial charge in [-0.3, -0.25) is 9.97 Å². The molecule has 254 valence electrons. The third-order valence-corrected chi connectivity index (χ3v) is 9.34. The lowest BCUT2D eigenvalue weighted by Gasteiger charge is -2.11. The average Bonchev–Trinajstić information content (AvgIpc) is 3.27. The fourth-order valence-electron chi connectivity index (χ4n) is 6.47. The van der Waals surface area contributed by atoms with Crippen molar-refractivity contribution in [3.8, 4) is 90.1 Å². The Bertz CT molecular complexity index is 2340. The standard InChI is InChI=1S/C48H32N6/c1-3-9-39(10-4-1)47-51-43(29-45(53-47)41-13-7-27-49-31-41)37-23-19-35(20-24-37)33-15-17-34(18-16-33)36-21-25-38(26-22-36)44-30-46(42-14-8-28-50-32-42)54-48(52-44)40-11-5-2-6-12-40/h1-32H. The largest absolute Gasteiger partial charge is 0.264 e. The Labute approximate surface area is 313 Å². The smallest absolute Gasteiger partial charge is 0.160 e. The molecule has 0 radical (unpaired) electrons. The van der Waals surface area contributed by atoms with Crippen molar-refractivity contribution >= 4 is 0 Å². The van der Waals surface area contributed by atoms with E-state index >= 15 is 0 Å². The summed E-state index contributed by atoms with van der Waals surface area (Å²) in [7, 11) is 0. The molecule has 9 rings (SSSR count). The van der Waals surface area contributed by atoms with Gasteiger partial charge in [0.1, 0.15) is 0 Å². The Balaban J connectivity index is 0.968. The van der Waals surface area contributed by atoms with E-state index in [-0.39, 0.29) is 0 Å². The van der Waals surface area contributed by atoms with Gasteiger partial charge in [0.15, 0.2) is 11.6 Å². The summed E-state index contributed by atoms with van der Waals surface area (Å²) in [5.41, 5.74) is 13.8. The molecule has 0 spiro atoms. The highest BCUT2D eigenvalue weighted by atomic mass is 14.9. The molecule has 9 aromatic rings. The number of benzene rings is 5. The molecule has 0 unspecified atom stereocenters. The zero-order chi connectivity index (χ0) is 36.1. The van der Waals surface area contributed by atoms with Crippen LogP contribution in [0.1, 0.15) is 0 Å². The first-order valence-corrected chi connectivity index (χ1v) is 17.7. The van der Waals surface area contributed by atoms with Crippen LogP contribution in [0.4, 0.5) is 0 Å². The maximum absolute atomic E-state index is 4.97. The van der Waals surface area contributed by atoms with E-state index in [1.54, 1.807) is 12.4 Å². The number of aromatic nitrogens is 6. The summed E-state index contributed by atoms with van der Waals surface area (Å²) in [5, 5.41) is 0. The second-order valence-electron chi connectivity index (χ2n) is 12.9. The number of rotatable bonds is 8. The SMILES string of the molecule is c1ccc(-c2nc(-c3ccc(-c4ccc(-c5ccc(-c6cc(-c7cccnc7)nc(-c7ccccc7)n6)cc5)cc4)cc3)cc(-c3cccnc3)n2)cc1. The van der Waals surface area contributed by atoms with Gasteiger partial charge < -0.3 is 0 Å². The lowest BCUT2D eigenvalue weighted by Crippen LogP contribution is -1.96. The first-order chi connectivity index (χ1) is 26.7. The highest BCUT2D eigenvalue weighted by molar-refractivity contribution is 5.77. The van der Waals surface area contributed by atoms with Crippen molar-refractivity contribution in [3.63, 3.8) is 0 Å². The molecular weight excluding hydrogens is 661 g/mol. The second-order valence-corrected chi connectivity index (χ2v) is 12.9. The predicted octanol–water partition coefficient (Wildman–Crippen LogP) is 11.4. The lowest BCUT2D eigenvalue weighted by atomic mass is 9.98. The van der Waals surface area contributed by atoms with Crippen molar-refractivity contribution < 1.29 is 0 Å². The minimum Gasteiger partial charge on any atom is -0.264 e. The summed E-state index contributed by atoms with van der Waals surface area (Å²) in [4.78, 5) is 28.3. The van der Waals surface area contributed by atoms with Gasteiger partial charge in [-0.1, -0.05) is 133 Å². The molecule has 0 aliphatic rings. The molecule has 0 aliphatic heterocycles. The maximum atomic E-state index is 4.97. The van der Waals surface area contributed by atoms with Crippen LogP contribution >= 0.6 is 0 Å². The molecule has 6 nitrogen and oxygen atoms in total. The van der Waals surface area contributed by atoms with Crippen LogP contribution in [0.5, 0.6) is 0 Å². The molecular formula is C48H32N6. The maximum Gasteiger partial charge on any atom is 0.160 e. The van der Waals surface area contributed by atoms with Gasteiger partial charge in [-0.25, -0.2) is 19.9 Å². The zero-order valence-corrected chi connectivity index (χ0v) is 29.2. The van der Waals surface area contributed by atoms with E-state index in [4.69, 9.17) is 19.9 Å². The minimum absolute atomic E-state index is 0.683. The number of pyridine rings is 2. The van der Waals surface area contributed by atoms with E-state index in [1.165, 1.54) is 0 Å². The van der Waals surface area contributed by atoms with E-state index in [9.17, 15) is 0 Å². The van der Waals surface area contributed by atoms with Crippen LogP contribution in [0.25, 0.3) is 90.1 Å². The van der Waals surface area contributed by atoms with Crippen molar-refractivity contribution in [2.45, 2.75) is 0 Å². The quantitative estimate of drug-likeness (QED) is 0.158. The normalized spacial score (nSPS) is 11.0. The van der Waals surface area contributed by atoms with Crippen LogP contribution < -0.4 is 0 Å². The van der Waals surface area contributed by atoms with Crippen molar-refractivity contribution in [1.82, 2.24) is 29.9 Å². The van der Waals surface area contributed by atoms with Crippen molar-refractivity contribution in [1.29, 1.82) is 0 Å². The monoisotopic (exact) mass is 692 g/mol. The molecule has 0 N–H and O–H groups in total. The highest BCUT2D eigenvalue weighted by Gasteiger charge is 2.13. The Kier molecular flexibility index (Phi) is 8.81. The summed E-state index contributed by atoms with van der Waals surface area (Å²) >= 11 is 0. The second kappa shape index (κ2) is 14.7. The molecule has 4 heterocycles. The fourth-order valence-corrected chi connectivity index (χ4v) is 6.47. The molecule has 0 atom stereocenters. The summed E-state index contributed by atoms with van der Waals surface area (Å²) in [6.45, 7) is 0. The van der Waals surface area contributed by atoms with Gasteiger partial charge in [0.05, 0.1) is 22.8 Å². The van der Waals surface area contributed by atoms with Crippen LogP contribution in [0.3, 0.4) is 0 Å². The molecule has 5 aromatic carbocycles. The molecule has 0 fully saturated rings. The van der Waals surface area contributed by atoms with Crippen molar-refractivity contribution in [2.75, 3.05) is 0 Å². The topological polar surface area (TPSA) is 77.3 Å². The minimum atomic E-state index is 0.683. The van der Waals surface area contributed by atoms with Gasteiger partial charge in [0.2, 0.25) is 0 Å². The van der Waals surface area contributed by atoms with E-state index < -0.39 is 0 Å². The molecule has 0 aliphatic carbocycles. The zero-order valence-electron chi connectivity index (χ0n) is 29.2. The van der Waals surface area contributed by atoms with Crippen LogP contribution in [-0.4, -0.2) is 29.9 Å². The first-order valence-electron chi connectivity index (χ1n) is 17.7. The Hall–Kier alpha value is -7.44. The van der Waals surface area contributed by atoms with E-state index in [2.05, 4.69) is 82.8 Å². The van der Waals surface area contributed by atoms with Crippen molar-refractivity contribution in [2.24, 2.45) is 0 Å². The third kappa shape index (κ3) is 6.92. The Morgan fingerprint density at radius 3 is 0.852 bits per heavy atom. The summed E-state index contributed by atoms with van der Waals surface area (Å²) in [6, 6.07) is 57.9. The summed E-state index contributed by atoms with van der Waals surface area (Å²) < 4.78 is 0. The summed E-state index contributed by atoms with van der Waals surface area (Å²) in [6.07, 6.45) is 7.21. The van der Waals surface area contributed by atoms with E-state index in [0.29, 0.717) is 11.6 Å². The average molecular weight is 693 g/mol. The van der Waals surface area contributed by atoms with Gasteiger partial charge in [-0.15, -0.1) is 0 Å². The Morgan fingerprint density at radius 2 is 0.537 bits per heavy atom. The van der Waals surface area contributed by atoms with Crippen LogP contribution in [0.2, 0.25) is 0 Å². The lowest BCUT2D eigenvalue weighted by molar-refractivity contribution is 1.18. The molecule has 0 bridgehead atoms. The van der Waals surface area contributed by atoms with Crippen LogP contribution in [0, 0.1) is 0 Å². The van der Waals surface area contributed by atoms with Gasteiger partial charge in [-0.2, -0.15) is 0 Å². The van der Waals surface area contributed by atoms with E-state index in [0.717, 1.165) is 78.4 Å². The molecule has 4 aromatic heterocycles. The molecule has 0 amide bonds. The summed E-state index contributed by atoms with van der Waals surface area (Å²) in [5.74, 6) is 1.37. The van der Waals surface area contributed by atoms with Crippen LogP contribution in [0.15, 0.2) is 195 Å². The van der Waals surface area contributed by atoms with Crippen molar-refractivity contribution in [3.05, 3.63) is 195 Å². The number of hydrogen-bond acceptors (Lipinski definition) is 6.